The maximum atomic E-state index is 10.5. The monoisotopic (exact) mass is 502 g/mol. The Hall–Kier alpha value is -3.11. The lowest BCUT2D eigenvalue weighted by Crippen LogP contribution is -2.29. The highest BCUT2D eigenvalue weighted by Crippen LogP contribution is 2.18. The summed E-state index contributed by atoms with van der Waals surface area (Å²) < 4.78 is 0. The van der Waals surface area contributed by atoms with Gasteiger partial charge in [-0.05, 0) is 43.4 Å². The number of carboxylic acids is 2. The molecule has 0 amide bonds. The summed E-state index contributed by atoms with van der Waals surface area (Å²) >= 11 is 0. The number of unbranched alkanes of at least 4 members (excludes halogenated alkanes) is 1. The Morgan fingerprint density at radius 3 is 1.81 bits per heavy atom. The summed E-state index contributed by atoms with van der Waals surface area (Å²) in [6.45, 7) is 0.326. The average Bonchev–Trinajstić information content (AvgIpc) is 2.91. The van der Waals surface area contributed by atoms with E-state index < -0.39 is 18.0 Å². The third-order valence-corrected chi connectivity index (χ3v) is 5.26. The van der Waals surface area contributed by atoms with Gasteiger partial charge in [-0.15, -0.1) is 0 Å². The molecule has 1 saturated carbocycles. The predicted octanol–water partition coefficient (Wildman–Crippen LogP) is 3.00. The lowest BCUT2D eigenvalue weighted by atomic mass is 9.97. The molecule has 9 nitrogen and oxygen atoms in total. The third kappa shape index (κ3) is 17.3. The van der Waals surface area contributed by atoms with Crippen LogP contribution in [0.5, 0.6) is 0 Å². The lowest BCUT2D eigenvalue weighted by molar-refractivity contribution is -0.138. The molecule has 0 spiro atoms. The fourth-order valence-electron chi connectivity index (χ4n) is 3.15. The molecule has 9 heteroatoms. The van der Waals surface area contributed by atoms with E-state index in [1.54, 1.807) is 0 Å². The van der Waals surface area contributed by atoms with E-state index in [9.17, 15) is 14.4 Å². The minimum absolute atomic E-state index is 0.278. The largest absolute Gasteiger partial charge is 0.480 e. The standard InChI is InChI=1S/C13H10O.C6H14N2O2.C6H13N.C2H5NO2/c14-10-11-6-8-13(9-7-11)12-4-2-1-3-5-12;7-4-2-1-3-5(8)6(9)10;7-6-4-2-1-3-5-6;3-1-2(4)5/h1-10H;5H,1-4,7-8H2,(H,9,10);6H,1-5,7H2;1,3H2,(H,4,5)/t;5-;;/m.1../s1. The second-order valence-corrected chi connectivity index (χ2v) is 8.33. The van der Waals surface area contributed by atoms with Gasteiger partial charge in [-0.3, -0.25) is 14.4 Å². The van der Waals surface area contributed by atoms with Gasteiger partial charge in [-0.2, -0.15) is 0 Å². The van der Waals surface area contributed by atoms with Crippen LogP contribution in [0.2, 0.25) is 0 Å². The van der Waals surface area contributed by atoms with Crippen LogP contribution in [0, 0.1) is 0 Å². The second-order valence-electron chi connectivity index (χ2n) is 8.33. The highest BCUT2D eigenvalue weighted by atomic mass is 16.4. The Bertz CT molecular complexity index is 841. The number of carboxylic acid groups (broad SMARTS) is 2. The average molecular weight is 503 g/mol. The Morgan fingerprint density at radius 2 is 1.42 bits per heavy atom. The smallest absolute Gasteiger partial charge is 0.320 e. The van der Waals surface area contributed by atoms with Crippen LogP contribution in [0.15, 0.2) is 54.6 Å². The van der Waals surface area contributed by atoms with Crippen molar-refractivity contribution in [3.63, 3.8) is 0 Å². The van der Waals surface area contributed by atoms with E-state index in [1.165, 1.54) is 37.7 Å². The van der Waals surface area contributed by atoms with Crippen molar-refractivity contribution in [3.8, 4) is 11.1 Å². The number of nitrogens with two attached hydrogens (primary N) is 4. The molecule has 0 bridgehead atoms. The molecular weight excluding hydrogens is 460 g/mol. The van der Waals surface area contributed by atoms with Crippen LogP contribution in [0.25, 0.3) is 11.1 Å². The molecule has 1 fully saturated rings. The van der Waals surface area contributed by atoms with Gasteiger partial charge in [0, 0.05) is 11.6 Å². The van der Waals surface area contributed by atoms with Crippen LogP contribution in [0.1, 0.15) is 61.7 Å². The van der Waals surface area contributed by atoms with Gasteiger partial charge in [0.2, 0.25) is 0 Å². The van der Waals surface area contributed by atoms with E-state index in [-0.39, 0.29) is 6.54 Å². The van der Waals surface area contributed by atoms with Crippen molar-refractivity contribution < 1.29 is 24.6 Å². The van der Waals surface area contributed by atoms with Gasteiger partial charge in [0.15, 0.2) is 0 Å². The van der Waals surface area contributed by atoms with Gasteiger partial charge in [0.1, 0.15) is 12.3 Å². The highest BCUT2D eigenvalue weighted by Gasteiger charge is 2.09. The minimum Gasteiger partial charge on any atom is -0.480 e. The summed E-state index contributed by atoms with van der Waals surface area (Å²) in [6.07, 6.45) is 9.68. The van der Waals surface area contributed by atoms with Crippen molar-refractivity contribution in [1.29, 1.82) is 0 Å². The topological polar surface area (TPSA) is 196 Å². The van der Waals surface area contributed by atoms with Crippen LogP contribution in [0.3, 0.4) is 0 Å². The van der Waals surface area contributed by atoms with Crippen molar-refractivity contribution in [2.75, 3.05) is 13.1 Å². The molecule has 3 rings (SSSR count). The molecule has 1 aliphatic rings. The summed E-state index contributed by atoms with van der Waals surface area (Å²) in [6, 6.07) is 17.5. The molecule has 0 unspecified atom stereocenters. The summed E-state index contributed by atoms with van der Waals surface area (Å²) in [5.41, 5.74) is 23.6. The Morgan fingerprint density at radius 1 is 0.889 bits per heavy atom. The summed E-state index contributed by atoms with van der Waals surface area (Å²) in [5.74, 6) is -1.90. The highest BCUT2D eigenvalue weighted by molar-refractivity contribution is 5.76. The molecule has 1 atom stereocenters. The zero-order chi connectivity index (χ0) is 27.2. The number of rotatable bonds is 8. The van der Waals surface area contributed by atoms with Crippen molar-refractivity contribution in [2.45, 2.75) is 63.5 Å². The third-order valence-electron chi connectivity index (χ3n) is 5.26. The SMILES string of the molecule is NC1CCCCC1.NCC(=O)O.NCCCC[C@@H](N)C(=O)O.O=Cc1ccc(-c2ccccc2)cc1. The van der Waals surface area contributed by atoms with Crippen molar-refractivity contribution in [2.24, 2.45) is 22.9 Å². The summed E-state index contributed by atoms with van der Waals surface area (Å²) in [4.78, 5) is 29.8. The molecular formula is C27H42N4O5. The summed E-state index contributed by atoms with van der Waals surface area (Å²) in [7, 11) is 0. The number of carbonyl (C=O) groups is 3. The van der Waals surface area contributed by atoms with Gasteiger partial charge in [0.05, 0.1) is 6.54 Å². The zero-order valence-corrected chi connectivity index (χ0v) is 20.9. The first-order chi connectivity index (χ1) is 17.2. The van der Waals surface area contributed by atoms with Crippen LogP contribution >= 0.6 is 0 Å². The Kier molecular flexibility index (Phi) is 19.4. The molecule has 0 radical (unpaired) electrons. The van der Waals surface area contributed by atoms with E-state index in [2.05, 4.69) is 17.9 Å². The first-order valence-corrected chi connectivity index (χ1v) is 12.2. The minimum atomic E-state index is -0.968. The van der Waals surface area contributed by atoms with E-state index in [1.807, 2.05) is 42.5 Å². The first kappa shape index (κ1) is 32.9. The number of aldehydes is 1. The van der Waals surface area contributed by atoms with Crippen molar-refractivity contribution in [1.82, 2.24) is 0 Å². The van der Waals surface area contributed by atoms with Gasteiger partial charge < -0.3 is 33.1 Å². The van der Waals surface area contributed by atoms with Gasteiger partial charge in [0.25, 0.3) is 0 Å². The normalized spacial score (nSPS) is 13.3. The van der Waals surface area contributed by atoms with Crippen LogP contribution in [-0.2, 0) is 9.59 Å². The fourth-order valence-corrected chi connectivity index (χ4v) is 3.15. The van der Waals surface area contributed by atoms with Crippen molar-refractivity contribution >= 4 is 18.2 Å². The van der Waals surface area contributed by atoms with Gasteiger partial charge >= 0.3 is 11.9 Å². The van der Waals surface area contributed by atoms with E-state index in [0.29, 0.717) is 24.6 Å². The van der Waals surface area contributed by atoms with Crippen LogP contribution < -0.4 is 22.9 Å². The van der Waals surface area contributed by atoms with Crippen molar-refractivity contribution in [3.05, 3.63) is 60.2 Å². The number of benzene rings is 2. The number of hydrogen-bond acceptors (Lipinski definition) is 7. The van der Waals surface area contributed by atoms with Gasteiger partial charge in [-0.25, -0.2) is 0 Å². The Labute approximate surface area is 213 Å². The van der Waals surface area contributed by atoms with E-state index in [0.717, 1.165) is 24.7 Å². The van der Waals surface area contributed by atoms with Gasteiger partial charge in [-0.1, -0.05) is 80.3 Å². The summed E-state index contributed by atoms with van der Waals surface area (Å²) in [5, 5.41) is 15.9. The maximum absolute atomic E-state index is 10.5. The first-order valence-electron chi connectivity index (χ1n) is 12.2. The van der Waals surface area contributed by atoms with E-state index in [4.69, 9.17) is 27.4 Å². The Balaban J connectivity index is 0.000000489. The second kappa shape index (κ2) is 21.2. The van der Waals surface area contributed by atoms with E-state index >= 15 is 0 Å². The van der Waals surface area contributed by atoms with Crippen LogP contribution in [0.4, 0.5) is 0 Å². The molecule has 0 heterocycles. The fraction of sp³-hybridized carbons (Fsp3) is 0.444. The quantitative estimate of drug-likeness (QED) is 0.232. The number of aliphatic carboxylic acids is 2. The lowest BCUT2D eigenvalue weighted by Gasteiger charge is -2.15. The molecule has 36 heavy (non-hydrogen) atoms. The molecule has 0 saturated heterocycles. The molecule has 200 valence electrons. The predicted molar refractivity (Wildman–Crippen MR) is 144 cm³/mol. The molecule has 2 aromatic carbocycles. The molecule has 1 aliphatic carbocycles. The number of carbonyl (C=O) groups excluding carboxylic acids is 1. The molecule has 2 aromatic rings. The number of hydrogen-bond donors (Lipinski definition) is 6. The molecule has 0 aliphatic heterocycles. The molecule has 10 N–H and O–H groups in total. The van der Waals surface area contributed by atoms with Crippen LogP contribution in [-0.4, -0.2) is 53.6 Å². The molecule has 0 aromatic heterocycles. The zero-order valence-electron chi connectivity index (χ0n) is 20.9. The maximum Gasteiger partial charge on any atom is 0.320 e.